The van der Waals surface area contributed by atoms with Gasteiger partial charge in [0.2, 0.25) is 10.0 Å². The third kappa shape index (κ3) is 2.87. The van der Waals surface area contributed by atoms with E-state index in [1.54, 1.807) is 10.4 Å². The molecule has 6 nitrogen and oxygen atoms in total. The quantitative estimate of drug-likeness (QED) is 0.827. The van der Waals surface area contributed by atoms with Crippen LogP contribution in [0.5, 0.6) is 0 Å². The highest BCUT2D eigenvalue weighted by atomic mass is 32.2. The van der Waals surface area contributed by atoms with E-state index >= 15 is 0 Å². The molecule has 1 saturated heterocycles. The van der Waals surface area contributed by atoms with Crippen LogP contribution in [0.2, 0.25) is 0 Å². The topological polar surface area (TPSA) is 68.1 Å². The Labute approximate surface area is 154 Å². The number of benzene rings is 1. The van der Waals surface area contributed by atoms with E-state index in [2.05, 4.69) is 10.3 Å². The van der Waals surface area contributed by atoms with Crippen molar-refractivity contribution in [3.8, 4) is 0 Å². The number of nitrogens with zero attached hydrogens (tertiary/aromatic N) is 4. The minimum absolute atomic E-state index is 0.0856. The minimum atomic E-state index is -3.44. The van der Waals surface area contributed by atoms with Crippen molar-refractivity contribution in [2.24, 2.45) is 0 Å². The summed E-state index contributed by atoms with van der Waals surface area (Å²) >= 11 is 0. The van der Waals surface area contributed by atoms with Crippen LogP contribution in [0.1, 0.15) is 60.9 Å². The van der Waals surface area contributed by atoms with E-state index in [9.17, 15) is 8.42 Å². The normalized spacial score (nSPS) is 23.9. The maximum atomic E-state index is 13.1. The van der Waals surface area contributed by atoms with Crippen LogP contribution in [0, 0.1) is 0 Å². The molecular weight excluding hydrogens is 348 g/mol. The zero-order valence-electron chi connectivity index (χ0n) is 14.8. The maximum absolute atomic E-state index is 13.1. The molecule has 1 aliphatic heterocycles. The zero-order valence-corrected chi connectivity index (χ0v) is 15.7. The van der Waals surface area contributed by atoms with E-state index in [0.29, 0.717) is 23.9 Å². The molecule has 1 saturated carbocycles. The second-order valence-electron chi connectivity index (χ2n) is 7.84. The third-order valence-electron chi connectivity index (χ3n) is 5.98. The van der Waals surface area contributed by atoms with Crippen LogP contribution in [0.15, 0.2) is 29.3 Å². The van der Waals surface area contributed by atoms with E-state index in [1.165, 1.54) is 30.4 Å². The summed E-state index contributed by atoms with van der Waals surface area (Å²) in [6, 6.07) is 5.78. The number of aromatic nitrogens is 3. The molecule has 0 spiro atoms. The van der Waals surface area contributed by atoms with Gasteiger partial charge in [0, 0.05) is 25.2 Å². The molecule has 138 valence electrons. The molecule has 0 bridgehead atoms. The number of fused-ring (bicyclic) bond motifs is 1. The first-order chi connectivity index (χ1) is 12.6. The Morgan fingerprint density at radius 2 is 1.85 bits per heavy atom. The van der Waals surface area contributed by atoms with Gasteiger partial charge in [0.05, 0.1) is 16.6 Å². The van der Waals surface area contributed by atoms with Crippen LogP contribution in [0.25, 0.3) is 0 Å². The molecule has 7 heteroatoms. The predicted octanol–water partition coefficient (Wildman–Crippen LogP) is 2.67. The van der Waals surface area contributed by atoms with Crippen LogP contribution in [-0.2, 0) is 22.9 Å². The van der Waals surface area contributed by atoms with Crippen molar-refractivity contribution in [3.05, 3.63) is 41.2 Å². The average Bonchev–Trinajstić information content (AvgIpc) is 3.19. The molecule has 0 radical (unpaired) electrons. The molecule has 2 fully saturated rings. The second-order valence-corrected chi connectivity index (χ2v) is 9.78. The molecule has 2 heterocycles. The Balaban J connectivity index is 1.35. The predicted molar refractivity (Wildman–Crippen MR) is 97.5 cm³/mol. The zero-order chi connectivity index (χ0) is 17.7. The molecule has 1 atom stereocenters. The van der Waals surface area contributed by atoms with Crippen LogP contribution in [0.4, 0.5) is 0 Å². The van der Waals surface area contributed by atoms with Gasteiger partial charge in [0.25, 0.3) is 0 Å². The Bertz CT molecular complexity index is 933. The fourth-order valence-corrected chi connectivity index (χ4v) is 5.74. The van der Waals surface area contributed by atoms with E-state index in [4.69, 9.17) is 0 Å². The summed E-state index contributed by atoms with van der Waals surface area (Å²) in [5.41, 5.74) is 3.57. The molecule has 1 aromatic carbocycles. The Hall–Kier alpha value is -1.73. The van der Waals surface area contributed by atoms with Crippen LogP contribution in [-0.4, -0.2) is 40.8 Å². The SMILES string of the molecule is O=S(=O)(c1ccc2c(c1)CCCC2)N1CCC(n2cc(C3CC3)nn2)C1. The molecule has 1 aromatic heterocycles. The van der Waals surface area contributed by atoms with E-state index in [-0.39, 0.29) is 6.04 Å². The fourth-order valence-electron chi connectivity index (χ4n) is 4.20. The average molecular weight is 372 g/mol. The lowest BCUT2D eigenvalue weighted by atomic mass is 9.92. The summed E-state index contributed by atoms with van der Waals surface area (Å²) in [5.74, 6) is 0.570. The maximum Gasteiger partial charge on any atom is 0.243 e. The number of hydrogen-bond acceptors (Lipinski definition) is 4. The van der Waals surface area contributed by atoms with Crippen molar-refractivity contribution in [1.29, 1.82) is 0 Å². The lowest BCUT2D eigenvalue weighted by Crippen LogP contribution is -2.29. The van der Waals surface area contributed by atoms with Gasteiger partial charge in [-0.05, 0) is 68.2 Å². The molecule has 26 heavy (non-hydrogen) atoms. The highest BCUT2D eigenvalue weighted by Crippen LogP contribution is 2.39. The largest absolute Gasteiger partial charge is 0.248 e. The van der Waals surface area contributed by atoms with Crippen LogP contribution < -0.4 is 0 Å². The first-order valence-electron chi connectivity index (χ1n) is 9.65. The first-order valence-corrected chi connectivity index (χ1v) is 11.1. The van der Waals surface area contributed by atoms with E-state index < -0.39 is 10.0 Å². The van der Waals surface area contributed by atoms with Crippen molar-refractivity contribution >= 4 is 10.0 Å². The molecule has 3 aliphatic rings. The van der Waals surface area contributed by atoms with Gasteiger partial charge < -0.3 is 0 Å². The summed E-state index contributed by atoms with van der Waals surface area (Å²) in [5, 5.41) is 8.51. The van der Waals surface area contributed by atoms with Crippen molar-refractivity contribution < 1.29 is 8.42 Å². The number of aryl methyl sites for hydroxylation is 2. The first kappa shape index (κ1) is 16.4. The van der Waals surface area contributed by atoms with Gasteiger partial charge in [-0.25, -0.2) is 13.1 Å². The van der Waals surface area contributed by atoms with E-state index in [1.807, 2.05) is 23.0 Å². The molecule has 5 rings (SSSR count). The van der Waals surface area contributed by atoms with Crippen molar-refractivity contribution in [1.82, 2.24) is 19.3 Å². The summed E-state index contributed by atoms with van der Waals surface area (Å²) in [7, 11) is -3.44. The van der Waals surface area contributed by atoms with Gasteiger partial charge >= 0.3 is 0 Å². The Kier molecular flexibility index (Phi) is 3.90. The highest BCUT2D eigenvalue weighted by molar-refractivity contribution is 7.89. The lowest BCUT2D eigenvalue weighted by Gasteiger charge is -2.20. The van der Waals surface area contributed by atoms with Gasteiger partial charge in [0.15, 0.2) is 0 Å². The Morgan fingerprint density at radius 3 is 2.65 bits per heavy atom. The third-order valence-corrected chi connectivity index (χ3v) is 7.84. The summed E-state index contributed by atoms with van der Waals surface area (Å²) in [6.45, 7) is 1.02. The van der Waals surface area contributed by atoms with Gasteiger partial charge in [-0.1, -0.05) is 11.3 Å². The molecule has 0 amide bonds. The van der Waals surface area contributed by atoms with Crippen molar-refractivity contribution in [3.63, 3.8) is 0 Å². The summed E-state index contributed by atoms with van der Waals surface area (Å²) in [6.07, 6.45) is 9.60. The summed E-state index contributed by atoms with van der Waals surface area (Å²) in [4.78, 5) is 0.441. The minimum Gasteiger partial charge on any atom is -0.248 e. The molecule has 1 unspecified atom stereocenters. The van der Waals surface area contributed by atoms with Gasteiger partial charge in [0.1, 0.15) is 0 Å². The van der Waals surface area contributed by atoms with Crippen LogP contribution in [0.3, 0.4) is 0 Å². The van der Waals surface area contributed by atoms with Gasteiger partial charge in [-0.2, -0.15) is 4.31 Å². The summed E-state index contributed by atoms with van der Waals surface area (Å²) < 4.78 is 29.7. The number of hydrogen-bond donors (Lipinski definition) is 0. The van der Waals surface area contributed by atoms with Crippen molar-refractivity contribution in [2.45, 2.75) is 61.8 Å². The monoisotopic (exact) mass is 372 g/mol. The number of rotatable bonds is 4. The molecule has 2 aliphatic carbocycles. The lowest BCUT2D eigenvalue weighted by molar-refractivity contribution is 0.428. The van der Waals surface area contributed by atoms with E-state index in [0.717, 1.165) is 31.4 Å². The standard InChI is InChI=1S/C19H24N4O2S/c24-26(25,18-8-7-14-3-1-2-4-16(14)11-18)22-10-9-17(12-22)23-13-19(20-21-23)15-5-6-15/h7-8,11,13,15,17H,1-6,9-10,12H2. The van der Waals surface area contributed by atoms with Gasteiger partial charge in [-0.3, -0.25) is 0 Å². The molecule has 2 aromatic rings. The molecule has 0 N–H and O–H groups in total. The van der Waals surface area contributed by atoms with Crippen molar-refractivity contribution in [2.75, 3.05) is 13.1 Å². The fraction of sp³-hybridized carbons (Fsp3) is 0.579. The van der Waals surface area contributed by atoms with Gasteiger partial charge in [-0.15, -0.1) is 5.10 Å². The van der Waals surface area contributed by atoms with Crippen LogP contribution >= 0.6 is 0 Å². The highest BCUT2D eigenvalue weighted by Gasteiger charge is 2.35. The Morgan fingerprint density at radius 1 is 1.04 bits per heavy atom. The smallest absolute Gasteiger partial charge is 0.243 e. The second kappa shape index (κ2) is 6.16. The molecular formula is C19H24N4O2S. The number of sulfonamides is 1.